The highest BCUT2D eigenvalue weighted by atomic mass is 19.3. The first-order valence-corrected chi connectivity index (χ1v) is 13.4. The molecule has 0 saturated carbocycles. The van der Waals surface area contributed by atoms with Gasteiger partial charge in [-0.1, -0.05) is 6.07 Å². The average Bonchev–Trinajstić information content (AvgIpc) is 3.54. The number of aromatic nitrogens is 5. The van der Waals surface area contributed by atoms with E-state index < -0.39 is 12.5 Å². The summed E-state index contributed by atoms with van der Waals surface area (Å²) in [6.07, 6.45) is 4.17. The van der Waals surface area contributed by atoms with Crippen molar-refractivity contribution in [3.8, 4) is 5.88 Å². The molecule has 1 N–H and O–H groups in total. The lowest BCUT2D eigenvalue weighted by Gasteiger charge is -2.32. The van der Waals surface area contributed by atoms with E-state index >= 15 is 0 Å². The second-order valence-electron chi connectivity index (χ2n) is 10.2. The Labute approximate surface area is 229 Å². The SMILES string of the molecule is O=C(O)c1ccc2nc(CN3CCC(c4cccc(OCc5ccn(C(F)F)n5)n4)CC3)n(C[C@@H]3CCO3)c2c1. The van der Waals surface area contributed by atoms with E-state index in [1.54, 1.807) is 24.3 Å². The summed E-state index contributed by atoms with van der Waals surface area (Å²) in [5.74, 6) is 0.676. The van der Waals surface area contributed by atoms with Crippen LogP contribution >= 0.6 is 0 Å². The summed E-state index contributed by atoms with van der Waals surface area (Å²) in [5, 5.41) is 13.3. The first-order chi connectivity index (χ1) is 19.4. The molecule has 4 aromatic rings. The van der Waals surface area contributed by atoms with E-state index in [4.69, 9.17) is 14.5 Å². The van der Waals surface area contributed by atoms with Gasteiger partial charge in [-0.15, -0.1) is 0 Å². The maximum atomic E-state index is 12.7. The van der Waals surface area contributed by atoms with E-state index in [1.165, 1.54) is 12.3 Å². The molecular weight excluding hydrogens is 522 g/mol. The molecule has 1 atom stereocenters. The van der Waals surface area contributed by atoms with Crippen LogP contribution in [-0.4, -0.2) is 66.1 Å². The minimum absolute atomic E-state index is 0.0650. The maximum Gasteiger partial charge on any atom is 0.335 e. The van der Waals surface area contributed by atoms with Crippen LogP contribution in [0.15, 0.2) is 48.7 Å². The Morgan fingerprint density at radius 2 is 1.95 bits per heavy atom. The van der Waals surface area contributed by atoms with Crippen molar-refractivity contribution in [2.75, 3.05) is 19.7 Å². The van der Waals surface area contributed by atoms with Crippen molar-refractivity contribution in [3.05, 3.63) is 71.4 Å². The van der Waals surface area contributed by atoms with Gasteiger partial charge in [0.1, 0.15) is 18.1 Å². The van der Waals surface area contributed by atoms with Crippen molar-refractivity contribution in [2.24, 2.45) is 0 Å². The summed E-state index contributed by atoms with van der Waals surface area (Å²) in [6, 6.07) is 12.2. The highest BCUT2D eigenvalue weighted by molar-refractivity contribution is 5.92. The van der Waals surface area contributed by atoms with E-state index in [1.807, 2.05) is 12.1 Å². The van der Waals surface area contributed by atoms with Gasteiger partial charge in [0.05, 0.1) is 35.8 Å². The number of imidazole rings is 1. The van der Waals surface area contributed by atoms with Crippen LogP contribution in [0.4, 0.5) is 8.78 Å². The Hall–Kier alpha value is -3.90. The molecular formula is C28H30F2N6O4. The van der Waals surface area contributed by atoms with Gasteiger partial charge in [0.25, 0.3) is 0 Å². The van der Waals surface area contributed by atoms with Crippen molar-refractivity contribution in [1.29, 1.82) is 0 Å². The third kappa shape index (κ3) is 5.68. The van der Waals surface area contributed by atoms with Gasteiger partial charge in [-0.05, 0) is 62.7 Å². The second-order valence-corrected chi connectivity index (χ2v) is 10.2. The number of carboxylic acid groups (broad SMARTS) is 1. The van der Waals surface area contributed by atoms with E-state index in [2.05, 4.69) is 19.5 Å². The lowest BCUT2D eigenvalue weighted by Crippen LogP contribution is -2.35. The van der Waals surface area contributed by atoms with Crippen LogP contribution in [0.3, 0.4) is 0 Å². The topological polar surface area (TPSA) is 108 Å². The third-order valence-corrected chi connectivity index (χ3v) is 7.60. The Morgan fingerprint density at radius 3 is 2.65 bits per heavy atom. The molecule has 2 aliphatic rings. The number of hydrogen-bond acceptors (Lipinski definition) is 7. The first-order valence-electron chi connectivity index (χ1n) is 13.4. The van der Waals surface area contributed by atoms with Crippen LogP contribution in [0.2, 0.25) is 0 Å². The quantitative estimate of drug-likeness (QED) is 0.307. The number of aromatic carboxylic acids is 1. The third-order valence-electron chi connectivity index (χ3n) is 7.60. The second kappa shape index (κ2) is 11.3. The zero-order chi connectivity index (χ0) is 27.6. The standard InChI is InChI=1S/C28H30F2N6O4/c29-28(30)36-12-8-20(33-36)17-40-26-3-1-2-22(32-26)18-6-10-34(11-7-18)16-25-31-23-5-4-19(27(37)38)14-24(23)35(25)15-21-9-13-39-21/h1-5,8,12,14,18,21,28H,6-7,9-11,13,15-17H2,(H,37,38)/t21-/m0/s1. The van der Waals surface area contributed by atoms with Crippen molar-refractivity contribution in [1.82, 2.24) is 29.2 Å². The van der Waals surface area contributed by atoms with Crippen LogP contribution < -0.4 is 4.74 Å². The minimum Gasteiger partial charge on any atom is -0.478 e. The van der Waals surface area contributed by atoms with Crippen LogP contribution in [0.25, 0.3) is 11.0 Å². The molecule has 2 fully saturated rings. The summed E-state index contributed by atoms with van der Waals surface area (Å²) < 4.78 is 39.6. The molecule has 0 spiro atoms. The monoisotopic (exact) mass is 552 g/mol. The Kier molecular flexibility index (Phi) is 7.44. The number of rotatable bonds is 10. The number of nitrogens with zero attached hydrogens (tertiary/aromatic N) is 6. The molecule has 2 saturated heterocycles. The number of carbonyl (C=O) groups is 1. The number of fused-ring (bicyclic) bond motifs is 1. The van der Waals surface area contributed by atoms with Crippen LogP contribution in [0.5, 0.6) is 5.88 Å². The number of hydrogen-bond donors (Lipinski definition) is 1. The number of piperidine rings is 1. The van der Waals surface area contributed by atoms with E-state index in [0.29, 0.717) is 29.3 Å². The zero-order valence-corrected chi connectivity index (χ0v) is 21.8. The Bertz CT molecular complexity index is 1490. The molecule has 210 valence electrons. The number of halogens is 2. The van der Waals surface area contributed by atoms with E-state index in [9.17, 15) is 18.7 Å². The highest BCUT2D eigenvalue weighted by Crippen LogP contribution is 2.30. The summed E-state index contributed by atoms with van der Waals surface area (Å²) >= 11 is 0. The Balaban J connectivity index is 1.09. The molecule has 1 aromatic carbocycles. The predicted octanol–water partition coefficient (Wildman–Crippen LogP) is 4.47. The normalized spacial score (nSPS) is 18.3. The van der Waals surface area contributed by atoms with Gasteiger partial charge in [0, 0.05) is 30.5 Å². The van der Waals surface area contributed by atoms with Crippen LogP contribution in [-0.2, 0) is 24.4 Å². The molecule has 0 amide bonds. The number of pyridine rings is 1. The molecule has 40 heavy (non-hydrogen) atoms. The van der Waals surface area contributed by atoms with Gasteiger partial charge < -0.3 is 19.1 Å². The molecule has 6 rings (SSSR count). The van der Waals surface area contributed by atoms with Gasteiger partial charge in [-0.25, -0.2) is 19.4 Å². The molecule has 0 aliphatic carbocycles. The summed E-state index contributed by atoms with van der Waals surface area (Å²) in [6.45, 7) is 1.20. The lowest BCUT2D eigenvalue weighted by atomic mass is 9.93. The van der Waals surface area contributed by atoms with E-state index in [0.717, 1.165) is 61.5 Å². The molecule has 10 nitrogen and oxygen atoms in total. The fraction of sp³-hybridized carbons (Fsp3) is 0.429. The first kappa shape index (κ1) is 26.3. The van der Waals surface area contributed by atoms with Gasteiger partial charge in [-0.2, -0.15) is 13.9 Å². The fourth-order valence-electron chi connectivity index (χ4n) is 5.30. The van der Waals surface area contributed by atoms with Crippen LogP contribution in [0, 0.1) is 0 Å². The van der Waals surface area contributed by atoms with Gasteiger partial charge in [0.2, 0.25) is 5.88 Å². The van der Waals surface area contributed by atoms with Crippen molar-refractivity contribution in [2.45, 2.75) is 57.5 Å². The molecule has 5 heterocycles. The molecule has 2 aliphatic heterocycles. The Morgan fingerprint density at radius 1 is 1.12 bits per heavy atom. The molecule has 0 radical (unpaired) electrons. The van der Waals surface area contributed by atoms with Crippen molar-refractivity contribution in [3.63, 3.8) is 0 Å². The zero-order valence-electron chi connectivity index (χ0n) is 21.8. The van der Waals surface area contributed by atoms with Crippen molar-refractivity contribution < 1.29 is 28.2 Å². The summed E-state index contributed by atoms with van der Waals surface area (Å²) in [5.41, 5.74) is 3.22. The highest BCUT2D eigenvalue weighted by Gasteiger charge is 2.26. The number of benzene rings is 1. The number of likely N-dealkylation sites (tertiary alicyclic amines) is 1. The molecule has 3 aromatic heterocycles. The summed E-state index contributed by atoms with van der Waals surface area (Å²) in [7, 11) is 0. The minimum atomic E-state index is -2.68. The van der Waals surface area contributed by atoms with E-state index in [-0.39, 0.29) is 24.2 Å². The van der Waals surface area contributed by atoms with Crippen LogP contribution in [0.1, 0.15) is 59.3 Å². The largest absolute Gasteiger partial charge is 0.478 e. The van der Waals surface area contributed by atoms with Gasteiger partial charge in [0.15, 0.2) is 0 Å². The fourth-order valence-corrected chi connectivity index (χ4v) is 5.30. The van der Waals surface area contributed by atoms with Gasteiger partial charge >= 0.3 is 12.5 Å². The lowest BCUT2D eigenvalue weighted by molar-refractivity contribution is -0.0592. The number of ether oxygens (including phenoxy) is 2. The average molecular weight is 553 g/mol. The predicted molar refractivity (Wildman–Crippen MR) is 140 cm³/mol. The summed E-state index contributed by atoms with van der Waals surface area (Å²) in [4.78, 5) is 23.5. The molecule has 12 heteroatoms. The maximum absolute atomic E-state index is 12.7. The molecule has 0 unspecified atom stereocenters. The van der Waals surface area contributed by atoms with Gasteiger partial charge in [-0.3, -0.25) is 4.90 Å². The number of alkyl halides is 2. The smallest absolute Gasteiger partial charge is 0.335 e. The number of carboxylic acids is 1. The van der Waals surface area contributed by atoms with Crippen molar-refractivity contribution >= 4 is 17.0 Å². The molecule has 0 bridgehead atoms.